The summed E-state index contributed by atoms with van der Waals surface area (Å²) in [5.74, 6) is 0. The Bertz CT molecular complexity index is 333. The van der Waals surface area contributed by atoms with E-state index < -0.39 is 0 Å². The van der Waals surface area contributed by atoms with Crippen LogP contribution in [0.4, 0.5) is 0 Å². The SMILES string of the molecule is CCC1(CC)CC(CN)(c2ccncc2)C1. The highest BCUT2D eigenvalue weighted by Crippen LogP contribution is 2.58. The van der Waals surface area contributed by atoms with Crippen molar-refractivity contribution in [2.75, 3.05) is 6.54 Å². The quantitative estimate of drug-likeness (QED) is 0.844. The lowest BCUT2D eigenvalue weighted by Gasteiger charge is -2.56. The van der Waals surface area contributed by atoms with Crippen molar-refractivity contribution in [3.8, 4) is 0 Å². The Hall–Kier alpha value is -0.890. The van der Waals surface area contributed by atoms with Crippen molar-refractivity contribution in [1.29, 1.82) is 0 Å². The van der Waals surface area contributed by atoms with Gasteiger partial charge in [0.2, 0.25) is 0 Å². The Morgan fingerprint density at radius 2 is 1.75 bits per heavy atom. The van der Waals surface area contributed by atoms with E-state index in [0.29, 0.717) is 5.41 Å². The molecule has 1 aromatic rings. The van der Waals surface area contributed by atoms with Crippen LogP contribution in [0.25, 0.3) is 0 Å². The molecule has 1 aliphatic carbocycles. The molecule has 0 saturated heterocycles. The van der Waals surface area contributed by atoms with E-state index in [9.17, 15) is 0 Å². The molecule has 0 spiro atoms. The molecule has 2 nitrogen and oxygen atoms in total. The third-order valence-corrected chi connectivity index (χ3v) is 4.61. The lowest BCUT2D eigenvalue weighted by atomic mass is 9.49. The van der Waals surface area contributed by atoms with Crippen LogP contribution in [0.1, 0.15) is 45.1 Å². The van der Waals surface area contributed by atoms with Crippen LogP contribution in [0.5, 0.6) is 0 Å². The van der Waals surface area contributed by atoms with Crippen LogP contribution < -0.4 is 5.73 Å². The first-order chi connectivity index (χ1) is 7.70. The third kappa shape index (κ3) is 1.65. The van der Waals surface area contributed by atoms with Gasteiger partial charge in [0.05, 0.1) is 0 Å². The minimum absolute atomic E-state index is 0.231. The van der Waals surface area contributed by atoms with Gasteiger partial charge in [-0.2, -0.15) is 0 Å². The molecule has 0 aliphatic heterocycles. The molecule has 2 rings (SSSR count). The summed E-state index contributed by atoms with van der Waals surface area (Å²) in [4.78, 5) is 4.09. The van der Waals surface area contributed by atoms with E-state index in [1.165, 1.54) is 31.2 Å². The molecule has 2 N–H and O–H groups in total. The Morgan fingerprint density at radius 1 is 1.19 bits per heavy atom. The summed E-state index contributed by atoms with van der Waals surface area (Å²) in [6, 6.07) is 4.25. The Balaban J connectivity index is 2.20. The molecule has 1 aliphatic rings. The predicted octanol–water partition coefficient (Wildman–Crippen LogP) is 2.88. The van der Waals surface area contributed by atoms with E-state index in [0.717, 1.165) is 6.54 Å². The summed E-state index contributed by atoms with van der Waals surface area (Å²) in [5.41, 5.74) is 8.16. The molecule has 16 heavy (non-hydrogen) atoms. The van der Waals surface area contributed by atoms with Crippen molar-refractivity contribution in [3.63, 3.8) is 0 Å². The Labute approximate surface area is 98.3 Å². The molecule has 0 atom stereocenters. The zero-order chi connectivity index (χ0) is 11.6. The number of nitrogens with zero attached hydrogens (tertiary/aromatic N) is 1. The summed E-state index contributed by atoms with van der Waals surface area (Å²) in [6.45, 7) is 5.37. The summed E-state index contributed by atoms with van der Waals surface area (Å²) in [5, 5.41) is 0. The largest absolute Gasteiger partial charge is 0.330 e. The topological polar surface area (TPSA) is 38.9 Å². The molecular weight excluding hydrogens is 196 g/mol. The van der Waals surface area contributed by atoms with Gasteiger partial charge in [-0.3, -0.25) is 4.98 Å². The zero-order valence-electron chi connectivity index (χ0n) is 10.4. The van der Waals surface area contributed by atoms with Crippen LogP contribution in [0, 0.1) is 5.41 Å². The van der Waals surface area contributed by atoms with E-state index in [4.69, 9.17) is 5.73 Å². The molecule has 0 amide bonds. The van der Waals surface area contributed by atoms with Crippen LogP contribution in [0.3, 0.4) is 0 Å². The van der Waals surface area contributed by atoms with Gasteiger partial charge >= 0.3 is 0 Å². The van der Waals surface area contributed by atoms with Crippen molar-refractivity contribution in [3.05, 3.63) is 30.1 Å². The van der Waals surface area contributed by atoms with Gasteiger partial charge in [0.1, 0.15) is 0 Å². The first-order valence-corrected chi connectivity index (χ1v) is 6.31. The highest BCUT2D eigenvalue weighted by Gasteiger charge is 2.52. The average Bonchev–Trinajstić information content (AvgIpc) is 2.31. The smallest absolute Gasteiger partial charge is 0.0270 e. The monoisotopic (exact) mass is 218 g/mol. The molecule has 1 fully saturated rings. The van der Waals surface area contributed by atoms with Gasteiger partial charge in [-0.1, -0.05) is 26.7 Å². The van der Waals surface area contributed by atoms with Gasteiger partial charge in [-0.15, -0.1) is 0 Å². The number of aromatic nitrogens is 1. The van der Waals surface area contributed by atoms with E-state index >= 15 is 0 Å². The highest BCUT2D eigenvalue weighted by molar-refractivity contribution is 5.29. The van der Waals surface area contributed by atoms with Gasteiger partial charge < -0.3 is 5.73 Å². The lowest BCUT2D eigenvalue weighted by molar-refractivity contribution is 0.0182. The van der Waals surface area contributed by atoms with Crippen molar-refractivity contribution in [2.45, 2.75) is 44.9 Å². The number of nitrogens with two attached hydrogens (primary N) is 1. The van der Waals surface area contributed by atoms with Gasteiger partial charge in [0, 0.05) is 24.4 Å². The first-order valence-electron chi connectivity index (χ1n) is 6.31. The Kier molecular flexibility index (Phi) is 3.02. The highest BCUT2D eigenvalue weighted by atomic mass is 14.7. The molecule has 0 radical (unpaired) electrons. The number of pyridine rings is 1. The molecule has 0 unspecified atom stereocenters. The molecule has 0 bridgehead atoms. The van der Waals surface area contributed by atoms with Gasteiger partial charge in [-0.05, 0) is 36.0 Å². The summed E-state index contributed by atoms with van der Waals surface area (Å²) < 4.78 is 0. The maximum atomic E-state index is 6.01. The van der Waals surface area contributed by atoms with E-state index in [1.807, 2.05) is 12.4 Å². The second-order valence-corrected chi connectivity index (χ2v) is 5.28. The van der Waals surface area contributed by atoms with Crippen LogP contribution in [0.2, 0.25) is 0 Å². The van der Waals surface area contributed by atoms with Crippen LogP contribution >= 0.6 is 0 Å². The minimum atomic E-state index is 0.231. The molecule has 1 aromatic heterocycles. The zero-order valence-corrected chi connectivity index (χ0v) is 10.4. The minimum Gasteiger partial charge on any atom is -0.330 e. The van der Waals surface area contributed by atoms with Crippen LogP contribution in [0.15, 0.2) is 24.5 Å². The summed E-state index contributed by atoms with van der Waals surface area (Å²) in [7, 11) is 0. The second-order valence-electron chi connectivity index (χ2n) is 5.28. The first kappa shape index (κ1) is 11.6. The maximum absolute atomic E-state index is 6.01. The Morgan fingerprint density at radius 3 is 2.19 bits per heavy atom. The van der Waals surface area contributed by atoms with Crippen LogP contribution in [-0.4, -0.2) is 11.5 Å². The molecule has 0 aromatic carbocycles. The fourth-order valence-electron chi connectivity index (χ4n) is 3.31. The van der Waals surface area contributed by atoms with Crippen molar-refractivity contribution in [2.24, 2.45) is 11.1 Å². The number of rotatable bonds is 4. The van der Waals surface area contributed by atoms with Crippen molar-refractivity contribution >= 4 is 0 Å². The van der Waals surface area contributed by atoms with E-state index in [2.05, 4.69) is 31.0 Å². The number of hydrogen-bond acceptors (Lipinski definition) is 2. The normalized spacial score (nSPS) is 21.4. The molecular formula is C14H22N2. The molecule has 88 valence electrons. The fraction of sp³-hybridized carbons (Fsp3) is 0.643. The van der Waals surface area contributed by atoms with Crippen LogP contribution in [-0.2, 0) is 5.41 Å². The molecule has 1 heterocycles. The second kappa shape index (κ2) is 4.17. The predicted molar refractivity (Wildman–Crippen MR) is 67.2 cm³/mol. The summed E-state index contributed by atoms with van der Waals surface area (Å²) >= 11 is 0. The lowest BCUT2D eigenvalue weighted by Crippen LogP contribution is -2.53. The molecule has 1 saturated carbocycles. The van der Waals surface area contributed by atoms with E-state index in [-0.39, 0.29) is 5.41 Å². The van der Waals surface area contributed by atoms with E-state index in [1.54, 1.807) is 0 Å². The average molecular weight is 218 g/mol. The fourth-order valence-corrected chi connectivity index (χ4v) is 3.31. The summed E-state index contributed by atoms with van der Waals surface area (Å²) in [6.07, 6.45) is 8.79. The number of hydrogen-bond donors (Lipinski definition) is 1. The van der Waals surface area contributed by atoms with Crippen molar-refractivity contribution < 1.29 is 0 Å². The maximum Gasteiger partial charge on any atom is 0.0270 e. The molecule has 2 heteroatoms. The standard InChI is InChI=1S/C14H22N2/c1-3-13(4-2)9-14(10-13,11-15)12-5-7-16-8-6-12/h5-8H,3-4,9-11,15H2,1-2H3. The van der Waals surface area contributed by atoms with Gasteiger partial charge in [0.15, 0.2) is 0 Å². The third-order valence-electron chi connectivity index (χ3n) is 4.61. The van der Waals surface area contributed by atoms with Crippen molar-refractivity contribution in [1.82, 2.24) is 4.98 Å². The van der Waals surface area contributed by atoms with Gasteiger partial charge in [-0.25, -0.2) is 0 Å². The van der Waals surface area contributed by atoms with Gasteiger partial charge in [0.25, 0.3) is 0 Å².